The van der Waals surface area contributed by atoms with Gasteiger partial charge in [-0.2, -0.15) is 0 Å². The highest BCUT2D eigenvalue weighted by Gasteiger charge is 2.11. The highest BCUT2D eigenvalue weighted by atomic mass is 79.9. The molecular formula is C15H13BrN2O3. The average molecular weight is 349 g/mol. The molecule has 0 saturated heterocycles. The number of fused-ring (bicyclic) bond motifs is 1. The maximum atomic E-state index is 5.75. The fourth-order valence-corrected chi connectivity index (χ4v) is 2.44. The lowest BCUT2D eigenvalue weighted by Crippen LogP contribution is -1.98. The average Bonchev–Trinajstić information content (AvgIpc) is 2.87. The number of aromatic nitrogens is 1. The molecule has 2 N–H and O–H groups in total. The third kappa shape index (κ3) is 2.80. The summed E-state index contributed by atoms with van der Waals surface area (Å²) >= 11 is 3.43. The Balaban J connectivity index is 1.83. The van der Waals surface area contributed by atoms with Gasteiger partial charge in [0.2, 0.25) is 5.89 Å². The molecule has 3 aromatic rings. The molecule has 0 radical (unpaired) electrons. The summed E-state index contributed by atoms with van der Waals surface area (Å²) < 4.78 is 17.4. The van der Waals surface area contributed by atoms with Crippen LogP contribution in [0.25, 0.3) is 11.1 Å². The number of ether oxygens (including phenoxy) is 2. The molecule has 6 heteroatoms. The molecule has 0 spiro atoms. The standard InChI is InChI=1S/C15H13BrN2O3/c1-19-12-4-2-3-10(16)15(12)20-8-14-18-11-6-5-9(17)7-13(11)21-14/h2-7H,8,17H2,1H3. The molecular weight excluding hydrogens is 336 g/mol. The van der Waals surface area contributed by atoms with E-state index in [0.29, 0.717) is 28.7 Å². The van der Waals surface area contributed by atoms with Gasteiger partial charge in [0.15, 0.2) is 23.7 Å². The van der Waals surface area contributed by atoms with Crippen LogP contribution in [-0.4, -0.2) is 12.1 Å². The number of nitrogens with zero attached hydrogens (tertiary/aromatic N) is 1. The Bertz CT molecular complexity index is 786. The molecule has 21 heavy (non-hydrogen) atoms. The fraction of sp³-hybridized carbons (Fsp3) is 0.133. The van der Waals surface area contributed by atoms with Gasteiger partial charge in [-0.05, 0) is 40.2 Å². The van der Waals surface area contributed by atoms with Crippen molar-refractivity contribution >= 4 is 32.7 Å². The first-order valence-corrected chi connectivity index (χ1v) is 7.07. The summed E-state index contributed by atoms with van der Waals surface area (Å²) in [7, 11) is 1.59. The Morgan fingerprint density at radius 1 is 1.29 bits per heavy atom. The zero-order chi connectivity index (χ0) is 14.8. The van der Waals surface area contributed by atoms with E-state index >= 15 is 0 Å². The third-order valence-electron chi connectivity index (χ3n) is 2.95. The van der Waals surface area contributed by atoms with Crippen LogP contribution in [0.1, 0.15) is 5.89 Å². The number of hydrogen-bond acceptors (Lipinski definition) is 5. The number of nitrogen functional groups attached to an aromatic ring is 1. The first kappa shape index (κ1) is 13.8. The number of halogens is 1. The number of nitrogens with two attached hydrogens (primary N) is 1. The van der Waals surface area contributed by atoms with E-state index in [0.717, 1.165) is 9.99 Å². The molecule has 0 amide bonds. The second-order valence-corrected chi connectivity index (χ2v) is 5.25. The van der Waals surface area contributed by atoms with Crippen LogP contribution in [0.5, 0.6) is 11.5 Å². The van der Waals surface area contributed by atoms with Crippen LogP contribution in [-0.2, 0) is 6.61 Å². The minimum absolute atomic E-state index is 0.202. The monoisotopic (exact) mass is 348 g/mol. The summed E-state index contributed by atoms with van der Waals surface area (Å²) in [6, 6.07) is 10.9. The maximum absolute atomic E-state index is 5.75. The number of hydrogen-bond donors (Lipinski definition) is 1. The number of benzene rings is 2. The van der Waals surface area contributed by atoms with Gasteiger partial charge in [-0.1, -0.05) is 6.07 Å². The second-order valence-electron chi connectivity index (χ2n) is 4.39. The van der Waals surface area contributed by atoms with Gasteiger partial charge >= 0.3 is 0 Å². The highest BCUT2D eigenvalue weighted by Crippen LogP contribution is 2.35. The molecule has 0 aliphatic heterocycles. The molecule has 0 unspecified atom stereocenters. The lowest BCUT2D eigenvalue weighted by Gasteiger charge is -2.10. The van der Waals surface area contributed by atoms with Crippen molar-refractivity contribution in [3.8, 4) is 11.5 Å². The predicted octanol–water partition coefficient (Wildman–Crippen LogP) is 3.76. The van der Waals surface area contributed by atoms with Crippen molar-refractivity contribution in [2.75, 3.05) is 12.8 Å². The number of para-hydroxylation sites is 1. The summed E-state index contributed by atoms with van der Waals surface area (Å²) in [5.41, 5.74) is 7.75. The molecule has 0 aliphatic rings. The first-order valence-electron chi connectivity index (χ1n) is 6.27. The Kier molecular flexibility index (Phi) is 3.70. The van der Waals surface area contributed by atoms with Crippen LogP contribution in [0.4, 0.5) is 5.69 Å². The molecule has 1 aromatic heterocycles. The van der Waals surface area contributed by atoms with Gasteiger partial charge in [-0.15, -0.1) is 0 Å². The smallest absolute Gasteiger partial charge is 0.233 e. The van der Waals surface area contributed by atoms with Crippen LogP contribution in [0, 0.1) is 0 Å². The maximum Gasteiger partial charge on any atom is 0.233 e. The lowest BCUT2D eigenvalue weighted by molar-refractivity contribution is 0.252. The topological polar surface area (TPSA) is 70.5 Å². The molecule has 2 aromatic carbocycles. The fourth-order valence-electron chi connectivity index (χ4n) is 1.97. The van der Waals surface area contributed by atoms with Gasteiger partial charge in [-0.25, -0.2) is 4.98 Å². The van der Waals surface area contributed by atoms with Crippen molar-refractivity contribution in [3.05, 3.63) is 46.8 Å². The van der Waals surface area contributed by atoms with Gasteiger partial charge in [0.1, 0.15) is 5.52 Å². The van der Waals surface area contributed by atoms with Crippen molar-refractivity contribution in [3.63, 3.8) is 0 Å². The summed E-state index contributed by atoms with van der Waals surface area (Å²) in [5, 5.41) is 0. The predicted molar refractivity (Wildman–Crippen MR) is 83.4 cm³/mol. The number of methoxy groups -OCH3 is 1. The number of oxazole rings is 1. The van der Waals surface area contributed by atoms with E-state index in [2.05, 4.69) is 20.9 Å². The minimum atomic E-state index is 0.202. The van der Waals surface area contributed by atoms with E-state index < -0.39 is 0 Å². The molecule has 5 nitrogen and oxygen atoms in total. The normalized spacial score (nSPS) is 10.8. The quantitative estimate of drug-likeness (QED) is 0.727. The molecule has 0 saturated carbocycles. The molecule has 1 heterocycles. The van der Waals surface area contributed by atoms with Crippen LogP contribution >= 0.6 is 15.9 Å². The van der Waals surface area contributed by atoms with E-state index in [4.69, 9.17) is 19.6 Å². The first-order chi connectivity index (χ1) is 10.2. The number of rotatable bonds is 4. The largest absolute Gasteiger partial charge is 0.493 e. The van der Waals surface area contributed by atoms with Crippen molar-refractivity contribution < 1.29 is 13.9 Å². The highest BCUT2D eigenvalue weighted by molar-refractivity contribution is 9.10. The van der Waals surface area contributed by atoms with Crippen molar-refractivity contribution in [1.29, 1.82) is 0 Å². The van der Waals surface area contributed by atoms with Crippen LogP contribution < -0.4 is 15.2 Å². The number of anilines is 1. The molecule has 0 bridgehead atoms. The van der Waals surface area contributed by atoms with Crippen molar-refractivity contribution in [1.82, 2.24) is 4.98 Å². The Labute approximate surface area is 129 Å². The Hall–Kier alpha value is -2.21. The Morgan fingerprint density at radius 2 is 2.14 bits per heavy atom. The summed E-state index contributed by atoms with van der Waals surface area (Å²) in [6.07, 6.45) is 0. The van der Waals surface area contributed by atoms with Gasteiger partial charge in [-0.3, -0.25) is 0 Å². The third-order valence-corrected chi connectivity index (χ3v) is 3.57. The molecule has 0 fully saturated rings. The van der Waals surface area contributed by atoms with Gasteiger partial charge < -0.3 is 19.6 Å². The SMILES string of the molecule is COc1cccc(Br)c1OCc1nc2ccc(N)cc2o1. The van der Waals surface area contributed by atoms with Gasteiger partial charge in [0.05, 0.1) is 11.6 Å². The molecule has 3 rings (SSSR count). The van der Waals surface area contributed by atoms with E-state index in [1.165, 1.54) is 0 Å². The summed E-state index contributed by atoms with van der Waals surface area (Å²) in [5.74, 6) is 1.74. The van der Waals surface area contributed by atoms with Crippen LogP contribution in [0.2, 0.25) is 0 Å². The second kappa shape index (κ2) is 5.65. The Morgan fingerprint density at radius 3 is 2.95 bits per heavy atom. The van der Waals surface area contributed by atoms with Gasteiger partial charge in [0.25, 0.3) is 0 Å². The van der Waals surface area contributed by atoms with Crippen molar-refractivity contribution in [2.24, 2.45) is 0 Å². The molecule has 0 atom stereocenters. The van der Waals surface area contributed by atoms with E-state index in [1.54, 1.807) is 19.2 Å². The van der Waals surface area contributed by atoms with E-state index in [-0.39, 0.29) is 6.61 Å². The zero-order valence-electron chi connectivity index (χ0n) is 11.3. The zero-order valence-corrected chi connectivity index (χ0v) is 12.9. The molecule has 108 valence electrons. The van der Waals surface area contributed by atoms with Crippen LogP contribution in [0.15, 0.2) is 45.3 Å². The van der Waals surface area contributed by atoms with Gasteiger partial charge in [0, 0.05) is 11.8 Å². The summed E-state index contributed by atoms with van der Waals surface area (Å²) in [4.78, 5) is 4.35. The van der Waals surface area contributed by atoms with E-state index in [1.807, 2.05) is 24.3 Å². The summed E-state index contributed by atoms with van der Waals surface area (Å²) in [6.45, 7) is 0.202. The minimum Gasteiger partial charge on any atom is -0.493 e. The van der Waals surface area contributed by atoms with Crippen LogP contribution in [0.3, 0.4) is 0 Å². The molecule has 0 aliphatic carbocycles. The van der Waals surface area contributed by atoms with Crippen molar-refractivity contribution in [2.45, 2.75) is 6.61 Å². The lowest BCUT2D eigenvalue weighted by atomic mass is 10.3. The van der Waals surface area contributed by atoms with E-state index in [9.17, 15) is 0 Å².